The van der Waals surface area contributed by atoms with Gasteiger partial charge in [-0.05, 0) is 48.2 Å². The van der Waals surface area contributed by atoms with Crippen LogP contribution in [-0.4, -0.2) is 12.5 Å². The first-order valence-corrected chi connectivity index (χ1v) is 9.59. The Morgan fingerprint density at radius 2 is 1.75 bits per heavy atom. The van der Waals surface area contributed by atoms with E-state index in [0.717, 1.165) is 24.2 Å². The number of carbonyl (C=O) groups excluding carboxylic acids is 1. The minimum absolute atomic E-state index is 0.221. The Kier molecular flexibility index (Phi) is 7.28. The van der Waals surface area contributed by atoms with Crippen LogP contribution in [0.15, 0.2) is 84.9 Å². The number of benzene rings is 3. The monoisotopic (exact) mass is 391 g/mol. The lowest BCUT2D eigenvalue weighted by Gasteiger charge is -2.08. The first-order valence-electron chi connectivity index (χ1n) is 9.21. The fraction of sp³-hybridized carbons (Fsp3) is 0.125. The molecule has 142 valence electrons. The largest absolute Gasteiger partial charge is 0.494 e. The van der Waals surface area contributed by atoms with Gasteiger partial charge in [0.25, 0.3) is 0 Å². The lowest BCUT2D eigenvalue weighted by Crippen LogP contribution is -2.08. The standard InChI is InChI=1S/C24H22ClNO2/c25-23-14-5-4-11-20(23)15-16-24(27)26-21-12-6-13-22(18-21)28-17-7-10-19-8-2-1-3-9-19/h1-6,8-9,11-16,18H,7,10,17H2,(H,26,27)/b16-15+. The average Bonchev–Trinajstić information content (AvgIpc) is 2.72. The van der Waals surface area contributed by atoms with Crippen LogP contribution >= 0.6 is 11.6 Å². The van der Waals surface area contributed by atoms with Crippen LogP contribution < -0.4 is 10.1 Å². The zero-order chi connectivity index (χ0) is 19.6. The summed E-state index contributed by atoms with van der Waals surface area (Å²) in [6.45, 7) is 0.624. The summed E-state index contributed by atoms with van der Waals surface area (Å²) in [5.41, 5.74) is 2.79. The molecule has 0 saturated heterocycles. The van der Waals surface area contributed by atoms with Gasteiger partial charge in [0, 0.05) is 22.9 Å². The molecule has 3 rings (SSSR count). The zero-order valence-corrected chi connectivity index (χ0v) is 16.2. The van der Waals surface area contributed by atoms with E-state index >= 15 is 0 Å². The normalized spacial score (nSPS) is 10.8. The molecule has 0 bridgehead atoms. The topological polar surface area (TPSA) is 38.3 Å². The molecule has 1 N–H and O–H groups in total. The minimum Gasteiger partial charge on any atom is -0.494 e. The van der Waals surface area contributed by atoms with E-state index in [4.69, 9.17) is 16.3 Å². The molecule has 0 heterocycles. The Bertz CT molecular complexity index is 938. The number of hydrogen-bond donors (Lipinski definition) is 1. The van der Waals surface area contributed by atoms with Gasteiger partial charge in [0.1, 0.15) is 5.75 Å². The van der Waals surface area contributed by atoms with E-state index in [9.17, 15) is 4.79 Å². The number of nitrogens with one attached hydrogen (secondary N) is 1. The van der Waals surface area contributed by atoms with E-state index in [1.165, 1.54) is 11.6 Å². The van der Waals surface area contributed by atoms with Gasteiger partial charge in [0.15, 0.2) is 0 Å². The van der Waals surface area contributed by atoms with Crippen LogP contribution in [-0.2, 0) is 11.2 Å². The summed E-state index contributed by atoms with van der Waals surface area (Å²) in [5.74, 6) is 0.516. The Morgan fingerprint density at radius 3 is 2.57 bits per heavy atom. The summed E-state index contributed by atoms with van der Waals surface area (Å²) in [4.78, 5) is 12.1. The Morgan fingerprint density at radius 1 is 0.964 bits per heavy atom. The predicted octanol–water partition coefficient (Wildman–Crippen LogP) is 6.00. The molecule has 0 atom stereocenters. The second kappa shape index (κ2) is 10.3. The molecule has 3 aromatic carbocycles. The van der Waals surface area contributed by atoms with Crippen molar-refractivity contribution in [3.05, 3.63) is 101 Å². The molecule has 0 aliphatic heterocycles. The molecule has 3 aromatic rings. The highest BCUT2D eigenvalue weighted by molar-refractivity contribution is 6.32. The van der Waals surface area contributed by atoms with Crippen LogP contribution in [0.3, 0.4) is 0 Å². The summed E-state index contributed by atoms with van der Waals surface area (Å²) in [6, 6.07) is 25.1. The lowest BCUT2D eigenvalue weighted by atomic mass is 10.1. The van der Waals surface area contributed by atoms with Crippen molar-refractivity contribution in [2.24, 2.45) is 0 Å². The number of carbonyl (C=O) groups is 1. The van der Waals surface area contributed by atoms with Crippen LogP contribution in [0.25, 0.3) is 6.08 Å². The van der Waals surface area contributed by atoms with Gasteiger partial charge in [-0.15, -0.1) is 0 Å². The molecule has 28 heavy (non-hydrogen) atoms. The molecule has 0 aliphatic carbocycles. The van der Waals surface area contributed by atoms with Gasteiger partial charge >= 0.3 is 0 Å². The second-order valence-corrected chi connectivity index (χ2v) is 6.72. The third-order valence-electron chi connectivity index (χ3n) is 4.14. The number of aryl methyl sites for hydroxylation is 1. The Balaban J connectivity index is 1.48. The number of amides is 1. The van der Waals surface area contributed by atoms with Crippen molar-refractivity contribution < 1.29 is 9.53 Å². The predicted molar refractivity (Wildman–Crippen MR) is 116 cm³/mol. The third kappa shape index (κ3) is 6.29. The van der Waals surface area contributed by atoms with Crippen molar-refractivity contribution >= 4 is 29.3 Å². The molecule has 0 fully saturated rings. The number of rotatable bonds is 8. The van der Waals surface area contributed by atoms with Crippen molar-refractivity contribution in [3.63, 3.8) is 0 Å². The number of anilines is 1. The SMILES string of the molecule is O=C(/C=C/c1ccccc1Cl)Nc1cccc(OCCCc2ccccc2)c1. The highest BCUT2D eigenvalue weighted by Gasteiger charge is 2.02. The van der Waals surface area contributed by atoms with Gasteiger partial charge in [-0.3, -0.25) is 4.79 Å². The van der Waals surface area contributed by atoms with Gasteiger partial charge in [0.05, 0.1) is 6.61 Å². The van der Waals surface area contributed by atoms with E-state index in [2.05, 4.69) is 17.4 Å². The molecule has 3 nitrogen and oxygen atoms in total. The van der Waals surface area contributed by atoms with Crippen molar-refractivity contribution in [1.82, 2.24) is 0 Å². The molecule has 0 unspecified atom stereocenters. The quantitative estimate of drug-likeness (QED) is 0.377. The molecule has 0 spiro atoms. The fourth-order valence-electron chi connectivity index (χ4n) is 2.73. The van der Waals surface area contributed by atoms with Gasteiger partial charge in [-0.25, -0.2) is 0 Å². The van der Waals surface area contributed by atoms with Crippen LogP contribution in [0.2, 0.25) is 5.02 Å². The molecular formula is C24H22ClNO2. The van der Waals surface area contributed by atoms with E-state index < -0.39 is 0 Å². The minimum atomic E-state index is -0.221. The fourth-order valence-corrected chi connectivity index (χ4v) is 2.93. The van der Waals surface area contributed by atoms with E-state index in [1.807, 2.05) is 60.7 Å². The molecular weight excluding hydrogens is 370 g/mol. The maximum Gasteiger partial charge on any atom is 0.248 e. The highest BCUT2D eigenvalue weighted by Crippen LogP contribution is 2.19. The van der Waals surface area contributed by atoms with Crippen molar-refractivity contribution in [3.8, 4) is 5.75 Å². The van der Waals surface area contributed by atoms with Gasteiger partial charge in [0.2, 0.25) is 5.91 Å². The number of halogens is 1. The van der Waals surface area contributed by atoms with Crippen LogP contribution in [0.1, 0.15) is 17.5 Å². The molecule has 4 heteroatoms. The van der Waals surface area contributed by atoms with Crippen LogP contribution in [0.5, 0.6) is 5.75 Å². The van der Waals surface area contributed by atoms with Crippen molar-refractivity contribution in [1.29, 1.82) is 0 Å². The highest BCUT2D eigenvalue weighted by atomic mass is 35.5. The van der Waals surface area contributed by atoms with Gasteiger partial charge < -0.3 is 10.1 Å². The van der Waals surface area contributed by atoms with E-state index in [1.54, 1.807) is 12.1 Å². The smallest absolute Gasteiger partial charge is 0.248 e. The maximum absolute atomic E-state index is 12.1. The van der Waals surface area contributed by atoms with Crippen LogP contribution in [0, 0.1) is 0 Å². The van der Waals surface area contributed by atoms with Gasteiger partial charge in [-0.2, -0.15) is 0 Å². The van der Waals surface area contributed by atoms with Gasteiger partial charge in [-0.1, -0.05) is 66.2 Å². The first-order chi connectivity index (χ1) is 13.7. The lowest BCUT2D eigenvalue weighted by molar-refractivity contribution is -0.111. The Labute approximate surface area is 170 Å². The summed E-state index contributed by atoms with van der Waals surface area (Å²) in [6.07, 6.45) is 5.07. The molecule has 0 aromatic heterocycles. The molecule has 0 saturated carbocycles. The van der Waals surface area contributed by atoms with Crippen molar-refractivity contribution in [2.45, 2.75) is 12.8 Å². The molecule has 0 aliphatic rings. The second-order valence-electron chi connectivity index (χ2n) is 6.31. The third-order valence-corrected chi connectivity index (χ3v) is 4.49. The Hall–Kier alpha value is -3.04. The summed E-state index contributed by atoms with van der Waals surface area (Å²) < 4.78 is 5.81. The summed E-state index contributed by atoms with van der Waals surface area (Å²) in [5, 5.41) is 3.45. The summed E-state index contributed by atoms with van der Waals surface area (Å²) >= 11 is 6.09. The number of hydrogen-bond acceptors (Lipinski definition) is 2. The summed E-state index contributed by atoms with van der Waals surface area (Å²) in [7, 11) is 0. The maximum atomic E-state index is 12.1. The van der Waals surface area contributed by atoms with Crippen molar-refractivity contribution in [2.75, 3.05) is 11.9 Å². The van der Waals surface area contributed by atoms with E-state index in [-0.39, 0.29) is 5.91 Å². The number of ether oxygens (including phenoxy) is 1. The zero-order valence-electron chi connectivity index (χ0n) is 15.5. The molecule has 0 radical (unpaired) electrons. The molecule has 1 amide bonds. The van der Waals surface area contributed by atoms with Crippen LogP contribution in [0.4, 0.5) is 5.69 Å². The first kappa shape index (κ1) is 19.7. The average molecular weight is 392 g/mol. The van der Waals surface area contributed by atoms with E-state index in [0.29, 0.717) is 17.3 Å².